The third kappa shape index (κ3) is 3.72. The lowest BCUT2D eigenvalue weighted by molar-refractivity contribution is 0.0679. The summed E-state index contributed by atoms with van der Waals surface area (Å²) < 4.78 is 14.4. The molecule has 0 radical (unpaired) electrons. The summed E-state index contributed by atoms with van der Waals surface area (Å²) in [5.41, 5.74) is 0.243. The zero-order chi connectivity index (χ0) is 20.5. The molecule has 7 nitrogen and oxygen atoms in total. The molecule has 2 aromatic rings. The maximum absolute atomic E-state index is 13.1. The van der Waals surface area contributed by atoms with Crippen molar-refractivity contribution in [3.05, 3.63) is 57.3 Å². The van der Waals surface area contributed by atoms with E-state index in [1.54, 1.807) is 12.1 Å². The Morgan fingerprint density at radius 3 is 2.24 bits per heavy atom. The number of piperidine rings is 1. The third-order valence-corrected chi connectivity index (χ3v) is 5.71. The maximum Gasteiger partial charge on any atom is 0.274 e. The lowest BCUT2D eigenvalue weighted by Gasteiger charge is -2.31. The zero-order valence-corrected chi connectivity index (χ0v) is 16.1. The molecule has 1 amide bonds. The van der Waals surface area contributed by atoms with Crippen molar-refractivity contribution < 1.29 is 19.4 Å². The number of hydrogen-bond acceptors (Lipinski definition) is 5. The fourth-order valence-electron chi connectivity index (χ4n) is 4.10. The van der Waals surface area contributed by atoms with Crippen molar-refractivity contribution in [2.24, 2.45) is 0 Å². The van der Waals surface area contributed by atoms with E-state index >= 15 is 0 Å². The summed E-state index contributed by atoms with van der Waals surface area (Å²) in [7, 11) is 0. The second kappa shape index (κ2) is 7.87. The molecule has 1 aromatic carbocycles. The van der Waals surface area contributed by atoms with Crippen LogP contribution < -0.4 is 5.56 Å². The van der Waals surface area contributed by atoms with Crippen molar-refractivity contribution in [2.45, 2.75) is 38.9 Å². The molecule has 154 valence electrons. The fourth-order valence-corrected chi connectivity index (χ4v) is 4.10. The molecule has 1 fully saturated rings. The minimum absolute atomic E-state index is 0.132. The highest BCUT2D eigenvalue weighted by Gasteiger charge is 2.33. The van der Waals surface area contributed by atoms with E-state index < -0.39 is 23.0 Å². The highest BCUT2D eigenvalue weighted by atomic mass is 19.1. The Kier molecular flexibility index (Phi) is 5.27. The van der Waals surface area contributed by atoms with E-state index in [4.69, 9.17) is 0 Å². The van der Waals surface area contributed by atoms with Crippen LogP contribution in [0.3, 0.4) is 0 Å². The van der Waals surface area contributed by atoms with Gasteiger partial charge in [-0.25, -0.2) is 4.39 Å². The number of hydrogen-bond donors (Lipinski definition) is 2. The van der Waals surface area contributed by atoms with Gasteiger partial charge in [-0.15, -0.1) is 0 Å². The standard InChI is InChI=1S/C21H24FN3O4/c22-15-6-4-14(5-7-15)12-24-10-11-25-17(21(24)29)19(27)18(26)16(20(25)28)13-23-8-2-1-3-9-23/h4-7,26-27H,1-3,8-13H2. The van der Waals surface area contributed by atoms with E-state index in [1.807, 2.05) is 0 Å². The van der Waals surface area contributed by atoms with Crippen molar-refractivity contribution in [3.8, 4) is 11.5 Å². The van der Waals surface area contributed by atoms with Crippen molar-refractivity contribution in [1.82, 2.24) is 14.4 Å². The SMILES string of the molecule is O=C1c2c(O)c(O)c(CN3CCCCC3)c(=O)n2CCN1Cc1ccc(F)cc1. The Morgan fingerprint density at radius 2 is 1.55 bits per heavy atom. The van der Waals surface area contributed by atoms with Crippen LogP contribution in [0.25, 0.3) is 0 Å². The molecule has 2 aliphatic heterocycles. The largest absolute Gasteiger partial charge is 0.504 e. The summed E-state index contributed by atoms with van der Waals surface area (Å²) in [4.78, 5) is 29.4. The van der Waals surface area contributed by atoms with Crippen LogP contribution in [0, 0.1) is 5.82 Å². The van der Waals surface area contributed by atoms with Crippen LogP contribution in [0.15, 0.2) is 29.1 Å². The highest BCUT2D eigenvalue weighted by Crippen LogP contribution is 2.34. The first-order valence-electron chi connectivity index (χ1n) is 9.89. The Hall–Kier alpha value is -2.87. The summed E-state index contributed by atoms with van der Waals surface area (Å²) in [6.45, 7) is 2.67. The molecule has 0 atom stereocenters. The van der Waals surface area contributed by atoms with Gasteiger partial charge in [0.05, 0.1) is 5.56 Å². The second-order valence-electron chi connectivity index (χ2n) is 7.67. The van der Waals surface area contributed by atoms with Crippen molar-refractivity contribution in [1.29, 1.82) is 0 Å². The van der Waals surface area contributed by atoms with Crippen LogP contribution in [0.4, 0.5) is 4.39 Å². The van der Waals surface area contributed by atoms with Crippen LogP contribution >= 0.6 is 0 Å². The van der Waals surface area contributed by atoms with Gasteiger partial charge in [-0.2, -0.15) is 0 Å². The predicted octanol–water partition coefficient (Wildman–Crippen LogP) is 2.04. The van der Waals surface area contributed by atoms with Gasteiger partial charge in [0.2, 0.25) is 0 Å². The number of carbonyl (C=O) groups excluding carboxylic acids is 1. The topological polar surface area (TPSA) is 86.0 Å². The highest BCUT2D eigenvalue weighted by molar-refractivity contribution is 5.96. The van der Waals surface area contributed by atoms with Gasteiger partial charge in [-0.3, -0.25) is 19.1 Å². The summed E-state index contributed by atoms with van der Waals surface area (Å²) in [6.07, 6.45) is 3.22. The maximum atomic E-state index is 13.1. The molecule has 0 aliphatic carbocycles. The summed E-state index contributed by atoms with van der Waals surface area (Å²) >= 11 is 0. The number of halogens is 1. The molecular weight excluding hydrogens is 377 g/mol. The minimum Gasteiger partial charge on any atom is -0.504 e. The smallest absolute Gasteiger partial charge is 0.274 e. The number of carbonyl (C=O) groups is 1. The molecule has 2 aliphatic rings. The number of aromatic nitrogens is 1. The van der Waals surface area contributed by atoms with Gasteiger partial charge in [-0.1, -0.05) is 18.6 Å². The van der Waals surface area contributed by atoms with Gasteiger partial charge in [0.1, 0.15) is 5.82 Å². The van der Waals surface area contributed by atoms with Crippen molar-refractivity contribution >= 4 is 5.91 Å². The number of fused-ring (bicyclic) bond motifs is 1. The molecule has 3 heterocycles. The van der Waals surface area contributed by atoms with Crippen molar-refractivity contribution in [2.75, 3.05) is 19.6 Å². The number of amides is 1. The van der Waals surface area contributed by atoms with E-state index in [0.29, 0.717) is 0 Å². The summed E-state index contributed by atoms with van der Waals surface area (Å²) in [6, 6.07) is 5.81. The predicted molar refractivity (Wildman–Crippen MR) is 104 cm³/mol. The Morgan fingerprint density at radius 1 is 0.862 bits per heavy atom. The molecule has 1 aromatic heterocycles. The van der Waals surface area contributed by atoms with E-state index in [-0.39, 0.29) is 43.3 Å². The van der Waals surface area contributed by atoms with Crippen LogP contribution in [-0.2, 0) is 19.6 Å². The van der Waals surface area contributed by atoms with Gasteiger partial charge in [0, 0.05) is 26.2 Å². The van der Waals surface area contributed by atoms with E-state index in [2.05, 4.69) is 4.90 Å². The van der Waals surface area contributed by atoms with Gasteiger partial charge in [0.25, 0.3) is 11.5 Å². The number of aromatic hydroxyl groups is 2. The molecule has 0 spiro atoms. The molecular formula is C21H24FN3O4. The quantitative estimate of drug-likeness (QED) is 0.819. The van der Waals surface area contributed by atoms with Gasteiger partial charge in [-0.05, 0) is 43.6 Å². The number of pyridine rings is 1. The lowest BCUT2D eigenvalue weighted by Crippen LogP contribution is -2.45. The second-order valence-corrected chi connectivity index (χ2v) is 7.67. The molecule has 29 heavy (non-hydrogen) atoms. The molecule has 8 heteroatoms. The average Bonchev–Trinajstić information content (AvgIpc) is 2.73. The Bertz CT molecular complexity index is 981. The van der Waals surface area contributed by atoms with Crippen LogP contribution in [0.2, 0.25) is 0 Å². The van der Waals surface area contributed by atoms with Gasteiger partial charge in [0.15, 0.2) is 17.2 Å². The zero-order valence-electron chi connectivity index (χ0n) is 16.1. The molecule has 0 bridgehead atoms. The first kappa shape index (κ1) is 19.4. The van der Waals surface area contributed by atoms with E-state index in [1.165, 1.54) is 21.6 Å². The number of likely N-dealkylation sites (tertiary alicyclic amines) is 1. The summed E-state index contributed by atoms with van der Waals surface area (Å²) in [5, 5.41) is 21.0. The number of nitrogens with zero attached hydrogens (tertiary/aromatic N) is 3. The van der Waals surface area contributed by atoms with Crippen molar-refractivity contribution in [3.63, 3.8) is 0 Å². The summed E-state index contributed by atoms with van der Waals surface area (Å²) in [5.74, 6) is -1.95. The number of benzene rings is 1. The Balaban J connectivity index is 1.63. The van der Waals surface area contributed by atoms with Gasteiger partial charge < -0.3 is 15.1 Å². The van der Waals surface area contributed by atoms with Crippen LogP contribution in [0.5, 0.6) is 11.5 Å². The first-order valence-corrected chi connectivity index (χ1v) is 9.89. The monoisotopic (exact) mass is 401 g/mol. The first-order chi connectivity index (χ1) is 14.0. The van der Waals surface area contributed by atoms with Crippen LogP contribution in [0.1, 0.15) is 40.9 Å². The Labute approximate surface area is 167 Å². The molecule has 0 saturated carbocycles. The molecule has 1 saturated heterocycles. The minimum atomic E-state index is -0.551. The van der Waals surface area contributed by atoms with Crippen LogP contribution in [-0.4, -0.2) is 50.1 Å². The van der Waals surface area contributed by atoms with E-state index in [9.17, 15) is 24.2 Å². The van der Waals surface area contributed by atoms with E-state index in [0.717, 1.165) is 37.9 Å². The van der Waals surface area contributed by atoms with Gasteiger partial charge >= 0.3 is 0 Å². The number of rotatable bonds is 4. The fraction of sp³-hybridized carbons (Fsp3) is 0.429. The molecule has 4 rings (SSSR count). The normalized spacial score (nSPS) is 17.4. The third-order valence-electron chi connectivity index (χ3n) is 5.71. The average molecular weight is 401 g/mol. The lowest BCUT2D eigenvalue weighted by atomic mass is 10.1. The molecule has 2 N–H and O–H groups in total. The molecule has 0 unspecified atom stereocenters.